The van der Waals surface area contributed by atoms with Gasteiger partial charge in [-0.1, -0.05) is 0 Å². The number of nitrogens with zero attached hydrogens (tertiary/aromatic N) is 3. The van der Waals surface area contributed by atoms with Crippen LogP contribution in [0.15, 0.2) is 70.4 Å². The molecular formula is C27H21F4N3O4S. The molecule has 1 aromatic carbocycles. The number of carbonyl (C=O) groups excluding carboxylic acids is 1. The molecule has 2 fully saturated rings. The van der Waals surface area contributed by atoms with E-state index in [0.717, 1.165) is 12.3 Å². The van der Waals surface area contributed by atoms with Gasteiger partial charge in [0.05, 0.1) is 17.3 Å². The number of Topliss-reactive ketones (excluding diaryl/α,β-unsaturated/α-hetero) is 1. The van der Waals surface area contributed by atoms with Crippen molar-refractivity contribution in [3.05, 3.63) is 78.0 Å². The van der Waals surface area contributed by atoms with E-state index in [4.69, 9.17) is 4.42 Å². The summed E-state index contributed by atoms with van der Waals surface area (Å²) in [5.74, 6) is -0.675. The van der Waals surface area contributed by atoms with Gasteiger partial charge in [-0.2, -0.15) is 17.5 Å². The molecule has 39 heavy (non-hydrogen) atoms. The molecule has 12 heteroatoms. The third kappa shape index (κ3) is 4.82. The van der Waals surface area contributed by atoms with Crippen molar-refractivity contribution < 1.29 is 35.2 Å². The first-order chi connectivity index (χ1) is 18.5. The van der Waals surface area contributed by atoms with Crippen LogP contribution in [0.1, 0.15) is 30.5 Å². The number of pyridine rings is 2. The number of aryl methyl sites for hydroxylation is 1. The maximum atomic E-state index is 13.6. The summed E-state index contributed by atoms with van der Waals surface area (Å²) in [5.41, 5.74) is 0.790. The Labute approximate surface area is 220 Å². The lowest BCUT2D eigenvalue weighted by Crippen LogP contribution is -2.43. The maximum absolute atomic E-state index is 13.6. The van der Waals surface area contributed by atoms with Crippen LogP contribution in [0.25, 0.3) is 22.2 Å². The first-order valence-electron chi connectivity index (χ1n) is 12.2. The highest BCUT2D eigenvalue weighted by Gasteiger charge is 2.59. The number of benzene rings is 1. The molecule has 1 saturated carbocycles. The molecule has 0 spiro atoms. The van der Waals surface area contributed by atoms with Gasteiger partial charge in [0.25, 0.3) is 10.0 Å². The Morgan fingerprint density at radius 2 is 1.87 bits per heavy atom. The minimum absolute atomic E-state index is 0.0262. The molecule has 202 valence electrons. The first-order valence-corrected chi connectivity index (χ1v) is 13.7. The summed E-state index contributed by atoms with van der Waals surface area (Å²) in [5, 5.41) is -0.0108. The van der Waals surface area contributed by atoms with Gasteiger partial charge >= 0.3 is 6.18 Å². The number of aromatic nitrogens is 2. The van der Waals surface area contributed by atoms with E-state index in [1.54, 1.807) is 12.1 Å². The molecule has 3 aromatic heterocycles. The first kappa shape index (κ1) is 25.6. The smallest absolute Gasteiger partial charge is 0.417 e. The zero-order valence-electron chi connectivity index (χ0n) is 20.2. The Bertz CT molecular complexity index is 1690. The summed E-state index contributed by atoms with van der Waals surface area (Å²) < 4.78 is 85.9. The fourth-order valence-corrected chi connectivity index (χ4v) is 7.01. The summed E-state index contributed by atoms with van der Waals surface area (Å²) in [7, 11) is -4.14. The number of halogens is 4. The summed E-state index contributed by atoms with van der Waals surface area (Å²) in [6.45, 7) is 0. The number of fused-ring (bicyclic) bond motifs is 2. The van der Waals surface area contributed by atoms with E-state index in [1.807, 2.05) is 0 Å². The van der Waals surface area contributed by atoms with Crippen molar-refractivity contribution >= 4 is 26.8 Å². The third-order valence-corrected chi connectivity index (χ3v) is 9.03. The topological polar surface area (TPSA) is 93.4 Å². The fraction of sp³-hybridized carbons (Fsp3) is 0.296. The van der Waals surface area contributed by atoms with E-state index in [2.05, 4.69) is 9.97 Å². The number of piperidine rings is 1. The van der Waals surface area contributed by atoms with Crippen LogP contribution in [0.2, 0.25) is 0 Å². The van der Waals surface area contributed by atoms with E-state index in [1.165, 1.54) is 40.8 Å². The van der Waals surface area contributed by atoms with Gasteiger partial charge < -0.3 is 4.42 Å². The standard InChI is InChI=1S/C27H21F4N3O4S/c28-19-2-6-25-17(9-19)13-26(38-25)39(36,37)34-22-11-16(22)12-23(34)24(35)5-3-20-10-15(7-8-32-20)21-4-1-18(14-33-21)27(29,30)31/h1-2,4,6-10,13-14,16,22-23H,3,5,11-12H2/t16-,22-,23-/m0/s1. The van der Waals surface area contributed by atoms with Crippen LogP contribution in [-0.4, -0.2) is 40.6 Å². The van der Waals surface area contributed by atoms with Gasteiger partial charge in [-0.25, -0.2) is 12.8 Å². The van der Waals surface area contributed by atoms with Crippen LogP contribution < -0.4 is 0 Å². The van der Waals surface area contributed by atoms with Crippen LogP contribution in [-0.2, 0) is 27.4 Å². The normalized spacial score (nSPS) is 21.3. The van der Waals surface area contributed by atoms with Crippen LogP contribution in [0.3, 0.4) is 0 Å². The third-order valence-electron chi connectivity index (χ3n) is 7.24. The predicted octanol–water partition coefficient (Wildman–Crippen LogP) is 5.40. The van der Waals surface area contributed by atoms with Gasteiger partial charge in [-0.05, 0) is 67.6 Å². The van der Waals surface area contributed by atoms with E-state index in [-0.39, 0.29) is 41.3 Å². The number of carbonyl (C=O) groups is 1. The minimum atomic E-state index is -4.49. The molecule has 0 unspecified atom stereocenters. The molecule has 6 rings (SSSR count). The Hall–Kier alpha value is -3.64. The summed E-state index contributed by atoms with van der Waals surface area (Å²) in [4.78, 5) is 21.4. The molecule has 7 nitrogen and oxygen atoms in total. The number of alkyl halides is 3. The molecule has 2 aliphatic rings. The van der Waals surface area contributed by atoms with Crippen molar-refractivity contribution in [1.29, 1.82) is 0 Å². The highest BCUT2D eigenvalue weighted by atomic mass is 32.2. The van der Waals surface area contributed by atoms with E-state index >= 15 is 0 Å². The fourth-order valence-electron chi connectivity index (χ4n) is 5.18. The van der Waals surface area contributed by atoms with Gasteiger partial charge in [0.15, 0.2) is 5.78 Å². The number of sulfonamides is 1. The molecule has 0 bridgehead atoms. The largest absolute Gasteiger partial charge is 0.443 e. The van der Waals surface area contributed by atoms with Crippen LogP contribution >= 0.6 is 0 Å². The lowest BCUT2D eigenvalue weighted by molar-refractivity contribution is -0.137. The van der Waals surface area contributed by atoms with E-state index in [0.29, 0.717) is 35.2 Å². The highest BCUT2D eigenvalue weighted by molar-refractivity contribution is 7.89. The van der Waals surface area contributed by atoms with Crippen molar-refractivity contribution in [1.82, 2.24) is 14.3 Å². The monoisotopic (exact) mass is 559 g/mol. The van der Waals surface area contributed by atoms with E-state index < -0.39 is 33.6 Å². The molecule has 4 aromatic rings. The molecule has 4 heterocycles. The molecular weight excluding hydrogens is 538 g/mol. The van der Waals surface area contributed by atoms with Gasteiger partial charge in [-0.15, -0.1) is 0 Å². The number of hydrogen-bond donors (Lipinski definition) is 0. The second-order valence-corrected chi connectivity index (χ2v) is 11.6. The molecule has 0 radical (unpaired) electrons. The summed E-state index contributed by atoms with van der Waals surface area (Å²) in [6, 6.07) is 9.36. The molecule has 0 amide bonds. The Kier molecular flexibility index (Phi) is 6.07. The van der Waals surface area contributed by atoms with Crippen molar-refractivity contribution in [3.8, 4) is 11.3 Å². The average Bonchev–Trinajstić information content (AvgIpc) is 3.34. The van der Waals surface area contributed by atoms with Gasteiger partial charge in [-0.3, -0.25) is 14.8 Å². The number of ketones is 1. The Morgan fingerprint density at radius 1 is 1.05 bits per heavy atom. The maximum Gasteiger partial charge on any atom is 0.417 e. The van der Waals surface area contributed by atoms with Gasteiger partial charge in [0, 0.05) is 47.6 Å². The van der Waals surface area contributed by atoms with Crippen molar-refractivity contribution in [2.24, 2.45) is 5.92 Å². The SMILES string of the molecule is O=C(CCc1cc(-c2ccc(C(F)(F)F)cn2)ccn1)[C@@H]1C[C@@H]2C[C@@H]2N1S(=O)(=O)c1cc2cc(F)ccc2o1. The minimum Gasteiger partial charge on any atom is -0.443 e. The molecule has 0 N–H and O–H groups in total. The summed E-state index contributed by atoms with van der Waals surface area (Å²) >= 11 is 0. The summed E-state index contributed by atoms with van der Waals surface area (Å²) in [6.07, 6.45) is -0.907. The Balaban J connectivity index is 1.17. The quantitative estimate of drug-likeness (QED) is 0.282. The van der Waals surface area contributed by atoms with Gasteiger partial charge in [0.2, 0.25) is 5.09 Å². The van der Waals surface area contributed by atoms with Crippen molar-refractivity contribution in [2.75, 3.05) is 0 Å². The molecule has 1 aliphatic carbocycles. The second kappa shape index (κ2) is 9.23. The van der Waals surface area contributed by atoms with Gasteiger partial charge in [0.1, 0.15) is 11.4 Å². The van der Waals surface area contributed by atoms with Crippen LogP contribution in [0.5, 0.6) is 0 Å². The van der Waals surface area contributed by atoms with E-state index in [9.17, 15) is 30.8 Å². The van der Waals surface area contributed by atoms with Crippen LogP contribution in [0.4, 0.5) is 17.6 Å². The second-order valence-electron chi connectivity index (χ2n) is 9.83. The van der Waals surface area contributed by atoms with Crippen molar-refractivity contribution in [3.63, 3.8) is 0 Å². The number of rotatable bonds is 7. The number of furan rings is 1. The molecule has 3 atom stereocenters. The Morgan fingerprint density at radius 3 is 2.62 bits per heavy atom. The lowest BCUT2D eigenvalue weighted by Gasteiger charge is -2.24. The highest BCUT2D eigenvalue weighted by Crippen LogP contribution is 2.51. The zero-order chi connectivity index (χ0) is 27.5. The van der Waals surface area contributed by atoms with Crippen molar-refractivity contribution in [2.45, 2.75) is 49.0 Å². The molecule has 1 aliphatic heterocycles. The molecule has 1 saturated heterocycles. The van der Waals surface area contributed by atoms with Crippen LogP contribution in [0, 0.1) is 11.7 Å². The lowest BCUT2D eigenvalue weighted by atomic mass is 10.0. The average molecular weight is 560 g/mol. The predicted molar refractivity (Wildman–Crippen MR) is 131 cm³/mol. The zero-order valence-corrected chi connectivity index (χ0v) is 21.0. The number of hydrogen-bond acceptors (Lipinski definition) is 6.